The Morgan fingerprint density at radius 1 is 0.889 bits per heavy atom. The predicted molar refractivity (Wildman–Crippen MR) is 141 cm³/mol. The number of hydrogen-bond acceptors (Lipinski definition) is 3. The number of piperidine rings is 1. The highest BCUT2D eigenvalue weighted by atomic mass is 16.2. The van der Waals surface area contributed by atoms with E-state index in [-0.39, 0.29) is 17.7 Å². The van der Waals surface area contributed by atoms with Gasteiger partial charge in [0, 0.05) is 48.4 Å². The van der Waals surface area contributed by atoms with Crippen molar-refractivity contribution in [1.82, 2.24) is 20.0 Å². The standard InChI is InChI=1S/C30H30N4O2/c1-22-10-8-9-15-27(22)30(36)33-18-16-24(17-19-33)29(35)31-20-25-21-34(26-13-6-3-7-14-26)32-28(25)23-11-4-2-5-12-23/h2-15,21,24H,16-20H2,1H3,(H,31,35). The van der Waals surface area contributed by atoms with Crippen LogP contribution in [0.3, 0.4) is 0 Å². The lowest BCUT2D eigenvalue weighted by Crippen LogP contribution is -2.43. The Kier molecular flexibility index (Phi) is 6.94. The summed E-state index contributed by atoms with van der Waals surface area (Å²) in [7, 11) is 0. The lowest BCUT2D eigenvalue weighted by atomic mass is 9.95. The van der Waals surface area contributed by atoms with Gasteiger partial charge in [-0.15, -0.1) is 0 Å². The quantitative estimate of drug-likeness (QED) is 0.423. The molecule has 182 valence electrons. The molecule has 5 rings (SSSR count). The zero-order valence-electron chi connectivity index (χ0n) is 20.4. The number of carbonyl (C=O) groups is 2. The lowest BCUT2D eigenvalue weighted by Gasteiger charge is -2.31. The highest BCUT2D eigenvalue weighted by Crippen LogP contribution is 2.25. The third-order valence-electron chi connectivity index (χ3n) is 6.84. The maximum absolute atomic E-state index is 13.1. The number of nitrogens with zero attached hydrogens (tertiary/aromatic N) is 3. The van der Waals surface area contributed by atoms with Crippen LogP contribution in [-0.4, -0.2) is 39.6 Å². The minimum absolute atomic E-state index is 0.0319. The summed E-state index contributed by atoms with van der Waals surface area (Å²) in [5.41, 5.74) is 5.53. The summed E-state index contributed by atoms with van der Waals surface area (Å²) < 4.78 is 1.86. The summed E-state index contributed by atoms with van der Waals surface area (Å²) in [4.78, 5) is 27.8. The summed E-state index contributed by atoms with van der Waals surface area (Å²) in [6, 6.07) is 27.7. The number of carbonyl (C=O) groups excluding carboxylic acids is 2. The van der Waals surface area contributed by atoms with E-state index < -0.39 is 0 Å². The molecule has 2 amide bonds. The Balaban J connectivity index is 1.24. The first-order valence-electron chi connectivity index (χ1n) is 12.4. The summed E-state index contributed by atoms with van der Waals surface area (Å²) in [5, 5.41) is 7.96. The summed E-state index contributed by atoms with van der Waals surface area (Å²) >= 11 is 0. The van der Waals surface area contributed by atoms with Crippen LogP contribution in [0.5, 0.6) is 0 Å². The molecule has 0 atom stereocenters. The Labute approximate surface area is 211 Å². The SMILES string of the molecule is Cc1ccccc1C(=O)N1CCC(C(=O)NCc2cn(-c3ccccc3)nc2-c2ccccc2)CC1. The van der Waals surface area contributed by atoms with E-state index >= 15 is 0 Å². The molecule has 0 spiro atoms. The summed E-state index contributed by atoms with van der Waals surface area (Å²) in [6.45, 7) is 3.54. The van der Waals surface area contributed by atoms with Gasteiger partial charge in [0.05, 0.1) is 11.4 Å². The summed E-state index contributed by atoms with van der Waals surface area (Å²) in [6.07, 6.45) is 3.32. The fraction of sp³-hybridized carbons (Fsp3) is 0.233. The van der Waals surface area contributed by atoms with E-state index in [0.717, 1.165) is 33.6 Å². The molecule has 0 radical (unpaired) electrons. The Morgan fingerprint density at radius 3 is 2.22 bits per heavy atom. The van der Waals surface area contributed by atoms with Gasteiger partial charge in [0.1, 0.15) is 0 Å². The van der Waals surface area contributed by atoms with Crippen LogP contribution >= 0.6 is 0 Å². The monoisotopic (exact) mass is 478 g/mol. The number of aryl methyl sites for hydroxylation is 1. The van der Waals surface area contributed by atoms with Crippen LogP contribution < -0.4 is 5.32 Å². The molecule has 0 aliphatic carbocycles. The normalized spacial score (nSPS) is 14.0. The van der Waals surface area contributed by atoms with Crippen LogP contribution in [0.25, 0.3) is 16.9 Å². The third-order valence-corrected chi connectivity index (χ3v) is 6.84. The summed E-state index contributed by atoms with van der Waals surface area (Å²) in [5.74, 6) is -0.0208. The van der Waals surface area contributed by atoms with Gasteiger partial charge in [-0.05, 0) is 43.5 Å². The number of aromatic nitrogens is 2. The van der Waals surface area contributed by atoms with Crippen molar-refractivity contribution in [2.45, 2.75) is 26.3 Å². The second-order valence-electron chi connectivity index (χ2n) is 9.25. The van der Waals surface area contributed by atoms with Crippen molar-refractivity contribution >= 4 is 11.8 Å². The maximum Gasteiger partial charge on any atom is 0.254 e. The molecule has 2 heterocycles. The second-order valence-corrected chi connectivity index (χ2v) is 9.25. The molecule has 1 fully saturated rings. The van der Waals surface area contributed by atoms with Crippen LogP contribution in [0.15, 0.2) is 91.1 Å². The van der Waals surface area contributed by atoms with Crippen LogP contribution in [0.2, 0.25) is 0 Å². The highest BCUT2D eigenvalue weighted by molar-refractivity contribution is 5.95. The molecule has 36 heavy (non-hydrogen) atoms. The van der Waals surface area contributed by atoms with Gasteiger partial charge < -0.3 is 10.2 Å². The number of benzene rings is 3. The number of amides is 2. The first-order valence-corrected chi connectivity index (χ1v) is 12.4. The van der Waals surface area contributed by atoms with E-state index in [4.69, 9.17) is 5.10 Å². The molecular weight excluding hydrogens is 448 g/mol. The maximum atomic E-state index is 13.1. The molecule has 1 aliphatic heterocycles. The van der Waals surface area contributed by atoms with Gasteiger partial charge in [0.25, 0.3) is 5.91 Å². The number of para-hydroxylation sites is 1. The van der Waals surface area contributed by atoms with E-state index in [2.05, 4.69) is 5.32 Å². The fourth-order valence-corrected chi connectivity index (χ4v) is 4.75. The van der Waals surface area contributed by atoms with E-state index in [1.54, 1.807) is 0 Å². The highest BCUT2D eigenvalue weighted by Gasteiger charge is 2.28. The van der Waals surface area contributed by atoms with E-state index in [0.29, 0.717) is 32.5 Å². The largest absolute Gasteiger partial charge is 0.352 e. The van der Waals surface area contributed by atoms with E-state index in [1.165, 1.54) is 0 Å². The molecule has 1 aliphatic rings. The molecule has 1 N–H and O–H groups in total. The van der Waals surface area contributed by atoms with Gasteiger partial charge in [-0.2, -0.15) is 5.10 Å². The molecule has 6 nitrogen and oxygen atoms in total. The minimum atomic E-state index is -0.102. The van der Waals surface area contributed by atoms with Crippen molar-refractivity contribution in [2.24, 2.45) is 5.92 Å². The fourth-order valence-electron chi connectivity index (χ4n) is 4.75. The second kappa shape index (κ2) is 10.6. The number of likely N-dealkylation sites (tertiary alicyclic amines) is 1. The topological polar surface area (TPSA) is 67.2 Å². The molecule has 0 unspecified atom stereocenters. The van der Waals surface area contributed by atoms with Crippen LogP contribution in [0, 0.1) is 12.8 Å². The molecule has 0 bridgehead atoms. The number of rotatable bonds is 6. The number of hydrogen-bond donors (Lipinski definition) is 1. The minimum Gasteiger partial charge on any atom is -0.352 e. The predicted octanol–water partition coefficient (Wildman–Crippen LogP) is 5.02. The Morgan fingerprint density at radius 2 is 1.53 bits per heavy atom. The molecule has 6 heteroatoms. The van der Waals surface area contributed by atoms with Gasteiger partial charge in [-0.3, -0.25) is 9.59 Å². The van der Waals surface area contributed by atoms with Crippen molar-refractivity contribution in [3.05, 3.63) is 108 Å². The Hall–Kier alpha value is -4.19. The van der Waals surface area contributed by atoms with Crippen molar-refractivity contribution in [3.8, 4) is 16.9 Å². The van der Waals surface area contributed by atoms with Crippen LogP contribution in [0.4, 0.5) is 0 Å². The van der Waals surface area contributed by atoms with E-state index in [9.17, 15) is 9.59 Å². The average Bonchev–Trinajstić information content (AvgIpc) is 3.37. The molecule has 1 saturated heterocycles. The first-order chi connectivity index (χ1) is 17.6. The smallest absolute Gasteiger partial charge is 0.254 e. The molecule has 3 aromatic carbocycles. The van der Waals surface area contributed by atoms with Crippen molar-refractivity contribution in [2.75, 3.05) is 13.1 Å². The molecule has 4 aromatic rings. The van der Waals surface area contributed by atoms with Crippen molar-refractivity contribution in [3.63, 3.8) is 0 Å². The molecule has 1 aromatic heterocycles. The third kappa shape index (κ3) is 5.08. The lowest BCUT2D eigenvalue weighted by molar-refractivity contribution is -0.126. The van der Waals surface area contributed by atoms with Crippen LogP contribution in [0.1, 0.15) is 34.3 Å². The zero-order chi connectivity index (χ0) is 24.9. The van der Waals surface area contributed by atoms with Gasteiger partial charge >= 0.3 is 0 Å². The average molecular weight is 479 g/mol. The van der Waals surface area contributed by atoms with Crippen molar-refractivity contribution < 1.29 is 9.59 Å². The van der Waals surface area contributed by atoms with Crippen LogP contribution in [-0.2, 0) is 11.3 Å². The van der Waals surface area contributed by atoms with E-state index in [1.807, 2.05) is 108 Å². The Bertz CT molecular complexity index is 1340. The zero-order valence-corrected chi connectivity index (χ0v) is 20.4. The van der Waals surface area contributed by atoms with Gasteiger partial charge in [-0.1, -0.05) is 66.7 Å². The number of nitrogens with one attached hydrogen (secondary N) is 1. The van der Waals surface area contributed by atoms with Gasteiger partial charge in [0.15, 0.2) is 0 Å². The van der Waals surface area contributed by atoms with Gasteiger partial charge in [0.2, 0.25) is 5.91 Å². The molecule has 0 saturated carbocycles. The van der Waals surface area contributed by atoms with Crippen molar-refractivity contribution in [1.29, 1.82) is 0 Å². The molecular formula is C30H30N4O2. The van der Waals surface area contributed by atoms with Gasteiger partial charge in [-0.25, -0.2) is 4.68 Å². The first kappa shape index (κ1) is 23.5.